The largest absolute Gasteiger partial charge is 0.506 e. The second-order valence-corrected chi connectivity index (χ2v) is 9.19. The fraction of sp³-hybridized carbons (Fsp3) is 0.571. The van der Waals surface area contributed by atoms with Gasteiger partial charge in [-0.15, -0.1) is 0 Å². The molecule has 0 radical (unpaired) electrons. The summed E-state index contributed by atoms with van der Waals surface area (Å²) in [5.74, 6) is 0.309. The van der Waals surface area contributed by atoms with Crippen molar-refractivity contribution in [2.24, 2.45) is 5.41 Å². The van der Waals surface area contributed by atoms with Crippen LogP contribution in [0.25, 0.3) is 5.52 Å². The number of fused-ring (bicyclic) bond motifs is 1. The average molecular weight is 382 g/mol. The van der Waals surface area contributed by atoms with Crippen LogP contribution in [0.4, 0.5) is 4.79 Å². The lowest BCUT2D eigenvalue weighted by Crippen LogP contribution is -2.60. The Kier molecular flexibility index (Phi) is 4.25. The number of nitrogens with zero attached hydrogens (tertiary/aromatic N) is 4. The summed E-state index contributed by atoms with van der Waals surface area (Å²) in [4.78, 5) is 14.0. The van der Waals surface area contributed by atoms with Gasteiger partial charge in [-0.2, -0.15) is 10.4 Å². The Hall–Kier alpha value is -2.75. The summed E-state index contributed by atoms with van der Waals surface area (Å²) in [6, 6.07) is 3.61. The number of aromatic nitrogens is 2. The molecule has 2 fully saturated rings. The van der Waals surface area contributed by atoms with Crippen molar-refractivity contribution < 1.29 is 14.6 Å². The van der Waals surface area contributed by atoms with Crippen molar-refractivity contribution in [2.75, 3.05) is 13.1 Å². The van der Waals surface area contributed by atoms with E-state index in [2.05, 4.69) is 11.2 Å². The van der Waals surface area contributed by atoms with Gasteiger partial charge in [0.2, 0.25) is 0 Å². The number of amides is 1. The third-order valence-corrected chi connectivity index (χ3v) is 5.99. The zero-order chi connectivity index (χ0) is 20.1. The molecule has 7 nitrogen and oxygen atoms in total. The molecule has 1 spiro atoms. The number of carbonyl (C=O) groups excluding carboxylic acids is 1. The van der Waals surface area contributed by atoms with Crippen LogP contribution in [0.5, 0.6) is 5.75 Å². The van der Waals surface area contributed by atoms with E-state index in [0.29, 0.717) is 11.4 Å². The SMILES string of the molecule is CC(C)(C)OC(=O)N1CC2(CCC(c3cnn4ccc(O)c(C#N)c34)CC2)C1. The monoisotopic (exact) mass is 382 g/mol. The standard InChI is InChI=1S/C21H26N4O3/c1-20(2,3)28-19(27)24-12-21(13-24)7-4-14(5-8-21)16-11-23-25-9-6-17(26)15(10-22)18(16)25/h6,9,11,14,26H,4-5,7-8,12-13H2,1-3H3. The Balaban J connectivity index is 1.44. The Morgan fingerprint density at radius 3 is 2.64 bits per heavy atom. The first kappa shape index (κ1) is 18.6. The van der Waals surface area contributed by atoms with Gasteiger partial charge in [-0.3, -0.25) is 0 Å². The van der Waals surface area contributed by atoms with Gasteiger partial charge in [-0.25, -0.2) is 9.31 Å². The van der Waals surface area contributed by atoms with Crippen molar-refractivity contribution in [2.45, 2.75) is 58.0 Å². The smallest absolute Gasteiger partial charge is 0.410 e. The highest BCUT2D eigenvalue weighted by Crippen LogP contribution is 2.49. The molecular formula is C21H26N4O3. The van der Waals surface area contributed by atoms with Crippen molar-refractivity contribution in [1.29, 1.82) is 5.26 Å². The highest BCUT2D eigenvalue weighted by Gasteiger charge is 2.48. The van der Waals surface area contributed by atoms with Crippen LogP contribution in [0.1, 0.15) is 63.5 Å². The van der Waals surface area contributed by atoms with Gasteiger partial charge in [-0.05, 0) is 58.4 Å². The predicted octanol–water partition coefficient (Wildman–Crippen LogP) is 3.81. The third-order valence-electron chi connectivity index (χ3n) is 5.99. The Morgan fingerprint density at radius 2 is 2.04 bits per heavy atom. The molecule has 0 atom stereocenters. The minimum atomic E-state index is -0.467. The minimum absolute atomic E-state index is 0.00368. The molecule has 0 unspecified atom stereocenters. The Labute approximate surface area is 164 Å². The maximum atomic E-state index is 12.2. The third kappa shape index (κ3) is 3.17. The molecule has 1 amide bonds. The number of carbonyl (C=O) groups is 1. The highest BCUT2D eigenvalue weighted by atomic mass is 16.6. The van der Waals surface area contributed by atoms with Gasteiger partial charge < -0.3 is 14.7 Å². The van der Waals surface area contributed by atoms with E-state index in [9.17, 15) is 15.2 Å². The normalized spacial score (nSPS) is 19.4. The van der Waals surface area contributed by atoms with Crippen molar-refractivity contribution in [1.82, 2.24) is 14.5 Å². The number of pyridine rings is 1. The highest BCUT2D eigenvalue weighted by molar-refractivity contribution is 5.71. The molecule has 2 aromatic heterocycles. The van der Waals surface area contributed by atoms with Crippen LogP contribution in [0.3, 0.4) is 0 Å². The quantitative estimate of drug-likeness (QED) is 0.810. The zero-order valence-electron chi connectivity index (χ0n) is 16.6. The van der Waals surface area contributed by atoms with Crippen LogP contribution in [0, 0.1) is 16.7 Å². The molecule has 0 bridgehead atoms. The molecular weight excluding hydrogens is 356 g/mol. The van der Waals surface area contributed by atoms with Crippen LogP contribution in [-0.2, 0) is 4.74 Å². The van der Waals surface area contributed by atoms with E-state index in [-0.39, 0.29) is 22.8 Å². The summed E-state index contributed by atoms with van der Waals surface area (Å²) >= 11 is 0. The molecule has 2 aliphatic rings. The van der Waals surface area contributed by atoms with Gasteiger partial charge in [0, 0.05) is 30.3 Å². The lowest BCUT2D eigenvalue weighted by Gasteiger charge is -2.53. The van der Waals surface area contributed by atoms with Gasteiger partial charge in [0.1, 0.15) is 23.0 Å². The average Bonchev–Trinajstić information content (AvgIpc) is 3.02. The number of hydrogen-bond donors (Lipinski definition) is 1. The lowest BCUT2D eigenvalue weighted by atomic mass is 9.65. The summed E-state index contributed by atoms with van der Waals surface area (Å²) < 4.78 is 7.13. The number of rotatable bonds is 1. The summed E-state index contributed by atoms with van der Waals surface area (Å²) in [6.07, 6.45) is 7.34. The topological polar surface area (TPSA) is 90.9 Å². The zero-order valence-corrected chi connectivity index (χ0v) is 16.6. The fourth-order valence-corrected chi connectivity index (χ4v) is 4.58. The van der Waals surface area contributed by atoms with Crippen LogP contribution < -0.4 is 0 Å². The number of likely N-dealkylation sites (tertiary alicyclic amines) is 1. The van der Waals surface area contributed by atoms with Crippen molar-refractivity contribution >= 4 is 11.6 Å². The number of aromatic hydroxyl groups is 1. The predicted molar refractivity (Wildman–Crippen MR) is 103 cm³/mol. The van der Waals surface area contributed by atoms with E-state index in [4.69, 9.17) is 4.74 Å². The maximum Gasteiger partial charge on any atom is 0.410 e. The second kappa shape index (κ2) is 6.40. The Morgan fingerprint density at radius 1 is 1.36 bits per heavy atom. The first-order chi connectivity index (χ1) is 13.2. The van der Waals surface area contributed by atoms with Gasteiger partial charge in [-0.1, -0.05) is 0 Å². The molecule has 7 heteroatoms. The number of nitriles is 1. The van der Waals surface area contributed by atoms with E-state index in [1.54, 1.807) is 15.6 Å². The van der Waals surface area contributed by atoms with E-state index >= 15 is 0 Å². The molecule has 4 rings (SSSR count). The first-order valence-corrected chi connectivity index (χ1v) is 9.79. The molecule has 1 N–H and O–H groups in total. The molecule has 0 aromatic carbocycles. The first-order valence-electron chi connectivity index (χ1n) is 9.79. The van der Waals surface area contributed by atoms with Gasteiger partial charge in [0.25, 0.3) is 0 Å². The molecule has 2 aromatic rings. The lowest BCUT2D eigenvalue weighted by molar-refractivity contribution is -0.0505. The number of hydrogen-bond acceptors (Lipinski definition) is 5. The Bertz CT molecular complexity index is 950. The second-order valence-electron chi connectivity index (χ2n) is 9.19. The van der Waals surface area contributed by atoms with Gasteiger partial charge in [0.15, 0.2) is 0 Å². The van der Waals surface area contributed by atoms with E-state index in [1.807, 2.05) is 27.0 Å². The summed E-state index contributed by atoms with van der Waals surface area (Å²) in [7, 11) is 0. The fourth-order valence-electron chi connectivity index (χ4n) is 4.58. The van der Waals surface area contributed by atoms with E-state index < -0.39 is 5.60 Å². The van der Waals surface area contributed by atoms with Crippen LogP contribution in [-0.4, -0.2) is 44.4 Å². The van der Waals surface area contributed by atoms with E-state index in [1.165, 1.54) is 6.07 Å². The van der Waals surface area contributed by atoms with E-state index in [0.717, 1.165) is 44.3 Å². The van der Waals surface area contributed by atoms with Crippen molar-refractivity contribution in [3.05, 3.63) is 29.6 Å². The summed E-state index contributed by atoms with van der Waals surface area (Å²) in [5.41, 5.74) is 1.76. The van der Waals surface area contributed by atoms with Gasteiger partial charge in [0.05, 0.1) is 11.7 Å². The molecule has 1 aliphatic carbocycles. The molecule has 3 heterocycles. The van der Waals surface area contributed by atoms with Crippen LogP contribution in [0.15, 0.2) is 18.5 Å². The summed E-state index contributed by atoms with van der Waals surface area (Å²) in [5, 5.41) is 23.8. The molecule has 1 saturated heterocycles. The van der Waals surface area contributed by atoms with Crippen molar-refractivity contribution in [3.8, 4) is 11.8 Å². The molecule has 148 valence electrons. The van der Waals surface area contributed by atoms with Gasteiger partial charge >= 0.3 is 6.09 Å². The van der Waals surface area contributed by atoms with Crippen LogP contribution >= 0.6 is 0 Å². The minimum Gasteiger partial charge on any atom is -0.506 e. The molecule has 1 aliphatic heterocycles. The summed E-state index contributed by atoms with van der Waals surface area (Å²) in [6.45, 7) is 7.17. The number of ether oxygens (including phenoxy) is 1. The van der Waals surface area contributed by atoms with Crippen LogP contribution in [0.2, 0.25) is 0 Å². The molecule has 1 saturated carbocycles. The maximum absolute atomic E-state index is 12.2. The molecule has 28 heavy (non-hydrogen) atoms. The van der Waals surface area contributed by atoms with Crippen molar-refractivity contribution in [3.63, 3.8) is 0 Å².